The molecule has 3 nitrogen and oxygen atoms in total. The number of benzene rings is 1. The van der Waals surface area contributed by atoms with Crippen molar-refractivity contribution in [2.24, 2.45) is 11.8 Å². The summed E-state index contributed by atoms with van der Waals surface area (Å²) >= 11 is 3.37. The van der Waals surface area contributed by atoms with Crippen LogP contribution in [-0.4, -0.2) is 11.9 Å². The number of nitrogen functional groups attached to an aromatic ring is 1. The van der Waals surface area contributed by atoms with E-state index in [9.17, 15) is 4.79 Å². The number of rotatable bonds is 2. The van der Waals surface area contributed by atoms with Gasteiger partial charge in [0.25, 0.3) is 5.91 Å². The normalized spacial score (nSPS) is 27.0. The van der Waals surface area contributed by atoms with E-state index in [4.69, 9.17) is 5.73 Å². The van der Waals surface area contributed by atoms with Crippen molar-refractivity contribution in [3.05, 3.63) is 28.2 Å². The van der Waals surface area contributed by atoms with Crippen LogP contribution in [-0.2, 0) is 0 Å². The highest BCUT2D eigenvalue weighted by Crippen LogP contribution is 2.29. The number of nitrogens with one attached hydrogen (secondary N) is 1. The summed E-state index contributed by atoms with van der Waals surface area (Å²) in [5.74, 6) is 1.36. The van der Waals surface area contributed by atoms with Crippen molar-refractivity contribution in [1.29, 1.82) is 0 Å². The van der Waals surface area contributed by atoms with Gasteiger partial charge in [-0.25, -0.2) is 0 Å². The van der Waals surface area contributed by atoms with Gasteiger partial charge in [-0.1, -0.05) is 29.8 Å². The number of carbonyl (C=O) groups is 1. The maximum Gasteiger partial charge on any atom is 0.253 e. The molecule has 1 saturated carbocycles. The number of anilines is 1. The quantitative estimate of drug-likeness (QED) is 0.817. The fraction of sp³-hybridized carbons (Fsp3) is 0.533. The average Bonchev–Trinajstić information content (AvgIpc) is 2.36. The van der Waals surface area contributed by atoms with Crippen LogP contribution >= 0.6 is 15.9 Å². The van der Waals surface area contributed by atoms with Crippen LogP contribution in [0.5, 0.6) is 0 Å². The second-order valence-corrected chi connectivity index (χ2v) is 6.59. The number of halogens is 1. The predicted octanol–water partition coefficient (Wildman–Crippen LogP) is 3.59. The average molecular weight is 325 g/mol. The Labute approximate surface area is 123 Å². The van der Waals surface area contributed by atoms with Crippen LogP contribution in [0.2, 0.25) is 0 Å². The van der Waals surface area contributed by atoms with Crippen molar-refractivity contribution in [3.8, 4) is 0 Å². The van der Waals surface area contributed by atoms with Gasteiger partial charge in [0, 0.05) is 16.2 Å². The van der Waals surface area contributed by atoms with Gasteiger partial charge in [-0.3, -0.25) is 4.79 Å². The van der Waals surface area contributed by atoms with Gasteiger partial charge in [-0.15, -0.1) is 0 Å². The minimum atomic E-state index is -0.0643. The molecule has 0 saturated heterocycles. The number of carbonyl (C=O) groups excluding carboxylic acids is 1. The van der Waals surface area contributed by atoms with Crippen LogP contribution in [0.3, 0.4) is 0 Å². The Morgan fingerprint density at radius 1 is 1.32 bits per heavy atom. The summed E-state index contributed by atoms with van der Waals surface area (Å²) in [4.78, 5) is 12.3. The first-order valence-corrected chi connectivity index (χ1v) is 7.62. The van der Waals surface area contributed by atoms with Gasteiger partial charge < -0.3 is 11.1 Å². The van der Waals surface area contributed by atoms with Crippen LogP contribution in [0.1, 0.15) is 43.5 Å². The van der Waals surface area contributed by atoms with Crippen molar-refractivity contribution in [3.63, 3.8) is 0 Å². The molecule has 3 atom stereocenters. The highest BCUT2D eigenvalue weighted by molar-refractivity contribution is 9.10. The molecule has 104 valence electrons. The molecule has 3 unspecified atom stereocenters. The zero-order valence-corrected chi connectivity index (χ0v) is 13.0. The first-order chi connectivity index (χ1) is 8.97. The maximum atomic E-state index is 12.3. The molecule has 1 aliphatic carbocycles. The monoisotopic (exact) mass is 324 g/mol. The van der Waals surface area contributed by atoms with E-state index in [0.717, 1.165) is 23.2 Å². The van der Waals surface area contributed by atoms with Crippen LogP contribution in [0, 0.1) is 11.8 Å². The number of amides is 1. The fourth-order valence-corrected chi connectivity index (χ4v) is 3.03. The third-order valence-electron chi connectivity index (χ3n) is 4.19. The third kappa shape index (κ3) is 3.50. The molecule has 0 aliphatic heterocycles. The maximum absolute atomic E-state index is 12.3. The molecule has 0 heterocycles. The lowest BCUT2D eigenvalue weighted by Crippen LogP contribution is -2.40. The Morgan fingerprint density at radius 3 is 2.74 bits per heavy atom. The first kappa shape index (κ1) is 14.4. The van der Waals surface area contributed by atoms with Crippen LogP contribution in [0.25, 0.3) is 0 Å². The summed E-state index contributed by atoms with van der Waals surface area (Å²) < 4.78 is 0.873. The van der Waals surface area contributed by atoms with E-state index in [1.807, 2.05) is 6.07 Å². The second kappa shape index (κ2) is 5.95. The molecule has 1 aromatic rings. The molecule has 1 fully saturated rings. The molecule has 1 amide bonds. The number of hydrogen-bond acceptors (Lipinski definition) is 2. The summed E-state index contributed by atoms with van der Waals surface area (Å²) in [5.41, 5.74) is 6.95. The molecule has 0 bridgehead atoms. The SMILES string of the molecule is CC1CCC(NC(=O)c2cc(Br)ccc2N)CC1C. The molecule has 0 spiro atoms. The zero-order valence-electron chi connectivity index (χ0n) is 11.4. The lowest BCUT2D eigenvalue weighted by molar-refractivity contribution is 0.0911. The van der Waals surface area contributed by atoms with Gasteiger partial charge in [0.15, 0.2) is 0 Å². The van der Waals surface area contributed by atoms with Crippen molar-refractivity contribution in [2.75, 3.05) is 5.73 Å². The van der Waals surface area contributed by atoms with Gasteiger partial charge >= 0.3 is 0 Å². The molecule has 2 rings (SSSR count). The molecule has 1 aliphatic rings. The van der Waals surface area contributed by atoms with Gasteiger partial charge in [-0.2, -0.15) is 0 Å². The topological polar surface area (TPSA) is 55.1 Å². The highest BCUT2D eigenvalue weighted by Gasteiger charge is 2.26. The molecule has 4 heteroatoms. The van der Waals surface area contributed by atoms with E-state index in [1.54, 1.807) is 12.1 Å². The van der Waals surface area contributed by atoms with Crippen LogP contribution < -0.4 is 11.1 Å². The van der Waals surface area contributed by atoms with Crippen LogP contribution in [0.15, 0.2) is 22.7 Å². The number of nitrogens with two attached hydrogens (primary N) is 1. The third-order valence-corrected chi connectivity index (χ3v) is 4.69. The summed E-state index contributed by atoms with van der Waals surface area (Å²) in [6.07, 6.45) is 3.30. The van der Waals surface area contributed by atoms with Crippen molar-refractivity contribution >= 4 is 27.5 Å². The van der Waals surface area contributed by atoms with Crippen molar-refractivity contribution < 1.29 is 4.79 Å². The standard InChI is InChI=1S/C15H21BrN2O/c1-9-3-5-12(7-10(9)2)18-15(19)13-8-11(16)4-6-14(13)17/h4,6,8-10,12H,3,5,7,17H2,1-2H3,(H,18,19). The molecule has 3 N–H and O–H groups in total. The van der Waals surface area contributed by atoms with E-state index >= 15 is 0 Å². The van der Waals surface area contributed by atoms with Crippen LogP contribution in [0.4, 0.5) is 5.69 Å². The van der Waals surface area contributed by atoms with Gasteiger partial charge in [-0.05, 0) is 49.3 Å². The Hall–Kier alpha value is -1.03. The zero-order chi connectivity index (χ0) is 14.0. The molecule has 0 radical (unpaired) electrons. The summed E-state index contributed by atoms with van der Waals surface area (Å²) in [6, 6.07) is 5.65. The molecule has 0 aromatic heterocycles. The predicted molar refractivity (Wildman–Crippen MR) is 82.0 cm³/mol. The molecular formula is C15H21BrN2O. The Bertz CT molecular complexity index is 475. The highest BCUT2D eigenvalue weighted by atomic mass is 79.9. The van der Waals surface area contributed by atoms with Gasteiger partial charge in [0.2, 0.25) is 0 Å². The summed E-state index contributed by atoms with van der Waals surface area (Å²) in [5, 5.41) is 3.11. The second-order valence-electron chi connectivity index (χ2n) is 5.67. The van der Waals surface area contributed by atoms with Gasteiger partial charge in [0.05, 0.1) is 5.56 Å². The largest absolute Gasteiger partial charge is 0.398 e. The Kier molecular flexibility index (Phi) is 4.50. The minimum Gasteiger partial charge on any atom is -0.398 e. The summed E-state index contributed by atoms with van der Waals surface area (Å²) in [7, 11) is 0. The van der Waals surface area contributed by atoms with E-state index in [1.165, 1.54) is 6.42 Å². The Balaban J connectivity index is 2.03. The van der Waals surface area contributed by atoms with E-state index in [-0.39, 0.29) is 11.9 Å². The molecule has 19 heavy (non-hydrogen) atoms. The molecular weight excluding hydrogens is 304 g/mol. The smallest absolute Gasteiger partial charge is 0.253 e. The van der Waals surface area contributed by atoms with E-state index in [2.05, 4.69) is 35.1 Å². The lowest BCUT2D eigenvalue weighted by Gasteiger charge is -2.32. The summed E-state index contributed by atoms with van der Waals surface area (Å²) in [6.45, 7) is 4.55. The van der Waals surface area contributed by atoms with E-state index in [0.29, 0.717) is 17.2 Å². The number of hydrogen-bond donors (Lipinski definition) is 2. The lowest BCUT2D eigenvalue weighted by atomic mass is 9.79. The van der Waals surface area contributed by atoms with Gasteiger partial charge in [0.1, 0.15) is 0 Å². The first-order valence-electron chi connectivity index (χ1n) is 6.83. The van der Waals surface area contributed by atoms with Crippen molar-refractivity contribution in [2.45, 2.75) is 39.2 Å². The Morgan fingerprint density at radius 2 is 2.05 bits per heavy atom. The molecule has 1 aromatic carbocycles. The van der Waals surface area contributed by atoms with Crippen molar-refractivity contribution in [1.82, 2.24) is 5.32 Å². The van der Waals surface area contributed by atoms with E-state index < -0.39 is 0 Å². The minimum absolute atomic E-state index is 0.0643. The fourth-order valence-electron chi connectivity index (χ4n) is 2.67.